The van der Waals surface area contributed by atoms with Crippen molar-refractivity contribution >= 4 is 52.0 Å². The van der Waals surface area contributed by atoms with Crippen molar-refractivity contribution < 1.29 is 9.59 Å². The number of nitrogens with one attached hydrogen (secondary N) is 2. The highest BCUT2D eigenvalue weighted by atomic mass is 127. The van der Waals surface area contributed by atoms with Crippen molar-refractivity contribution in [1.82, 2.24) is 5.43 Å². The molecule has 0 aliphatic carbocycles. The van der Waals surface area contributed by atoms with E-state index in [0.717, 1.165) is 20.4 Å². The standard InChI is InChI=1S/C23H23IN6O2/c1-17-5-2-6-19(13-17)28-22(31)15-23(32)29-27-16-18-7-8-21(20(24)14-18)30(11-3-9-25)12-4-10-26/h2,5-8,13-14,16H,3-4,11-12,15H2,1H3,(H,28,31)(H,29,32). The molecule has 2 aromatic rings. The predicted molar refractivity (Wildman–Crippen MR) is 132 cm³/mol. The van der Waals surface area contributed by atoms with E-state index in [0.29, 0.717) is 31.6 Å². The van der Waals surface area contributed by atoms with Gasteiger partial charge in [0.05, 0.1) is 36.9 Å². The topological polar surface area (TPSA) is 121 Å². The number of benzene rings is 2. The average molecular weight is 542 g/mol. The highest BCUT2D eigenvalue weighted by molar-refractivity contribution is 14.1. The van der Waals surface area contributed by atoms with Crippen molar-refractivity contribution in [2.24, 2.45) is 5.10 Å². The number of hydrogen-bond acceptors (Lipinski definition) is 6. The van der Waals surface area contributed by atoms with Gasteiger partial charge in [-0.1, -0.05) is 18.2 Å². The van der Waals surface area contributed by atoms with Crippen molar-refractivity contribution in [3.05, 3.63) is 57.2 Å². The summed E-state index contributed by atoms with van der Waals surface area (Å²) in [6, 6.07) is 17.2. The highest BCUT2D eigenvalue weighted by Gasteiger charge is 2.11. The number of amides is 2. The molecular formula is C23H23IN6O2. The summed E-state index contributed by atoms with van der Waals surface area (Å²) in [5, 5.41) is 24.3. The maximum Gasteiger partial charge on any atom is 0.249 e. The fraction of sp³-hybridized carbons (Fsp3) is 0.261. The minimum absolute atomic E-state index is 0.339. The van der Waals surface area contributed by atoms with Gasteiger partial charge >= 0.3 is 0 Å². The number of rotatable bonds is 10. The van der Waals surface area contributed by atoms with E-state index < -0.39 is 11.8 Å². The number of carbonyl (C=O) groups excluding carboxylic acids is 2. The fourth-order valence-electron chi connectivity index (χ4n) is 2.87. The first-order valence-corrected chi connectivity index (χ1v) is 11.0. The van der Waals surface area contributed by atoms with Crippen LogP contribution in [0.25, 0.3) is 0 Å². The Morgan fingerprint density at radius 1 is 1.09 bits per heavy atom. The molecule has 2 amide bonds. The summed E-state index contributed by atoms with van der Waals surface area (Å²) in [6.07, 6.45) is 1.90. The van der Waals surface area contributed by atoms with Gasteiger partial charge in [0, 0.05) is 22.3 Å². The van der Waals surface area contributed by atoms with E-state index in [2.05, 4.69) is 50.6 Å². The van der Waals surface area contributed by atoms with Crippen LogP contribution in [0, 0.1) is 33.2 Å². The lowest BCUT2D eigenvalue weighted by Gasteiger charge is -2.24. The lowest BCUT2D eigenvalue weighted by atomic mass is 10.2. The summed E-state index contributed by atoms with van der Waals surface area (Å²) in [7, 11) is 0. The summed E-state index contributed by atoms with van der Waals surface area (Å²) in [5.74, 6) is -0.936. The number of aryl methyl sites for hydroxylation is 1. The summed E-state index contributed by atoms with van der Waals surface area (Å²) in [4.78, 5) is 26.0. The first-order chi connectivity index (χ1) is 15.4. The van der Waals surface area contributed by atoms with Crippen LogP contribution in [-0.4, -0.2) is 31.1 Å². The molecule has 0 aliphatic rings. The Labute approximate surface area is 201 Å². The molecule has 0 saturated carbocycles. The number of anilines is 2. The second kappa shape index (κ2) is 13.1. The van der Waals surface area contributed by atoms with E-state index in [1.807, 2.05) is 48.2 Å². The molecule has 0 fully saturated rings. The molecule has 2 rings (SSSR count). The summed E-state index contributed by atoms with van der Waals surface area (Å²) in [6.45, 7) is 3.01. The third-order valence-electron chi connectivity index (χ3n) is 4.33. The van der Waals surface area contributed by atoms with E-state index >= 15 is 0 Å². The smallest absolute Gasteiger partial charge is 0.249 e. The normalized spacial score (nSPS) is 10.2. The molecule has 0 atom stereocenters. The number of nitrogens with zero attached hydrogens (tertiary/aromatic N) is 4. The molecule has 0 bridgehead atoms. The van der Waals surface area contributed by atoms with Gasteiger partial charge < -0.3 is 10.2 Å². The predicted octanol–water partition coefficient (Wildman–Crippen LogP) is 3.71. The second-order valence-corrected chi connectivity index (χ2v) is 8.06. The van der Waals surface area contributed by atoms with E-state index in [9.17, 15) is 9.59 Å². The minimum atomic E-state index is -0.517. The van der Waals surface area contributed by atoms with Crippen LogP contribution in [0.3, 0.4) is 0 Å². The Kier molecular flexibility index (Phi) is 10.1. The first kappa shape index (κ1) is 24.8. The lowest BCUT2D eigenvalue weighted by molar-refractivity contribution is -0.126. The quantitative estimate of drug-likeness (QED) is 0.205. The third kappa shape index (κ3) is 8.36. The number of carbonyl (C=O) groups is 2. The monoisotopic (exact) mass is 542 g/mol. The van der Waals surface area contributed by atoms with Crippen molar-refractivity contribution in [2.75, 3.05) is 23.3 Å². The van der Waals surface area contributed by atoms with Crippen LogP contribution in [0.5, 0.6) is 0 Å². The molecule has 2 N–H and O–H groups in total. The van der Waals surface area contributed by atoms with Crippen LogP contribution in [0.2, 0.25) is 0 Å². The fourth-order valence-corrected chi connectivity index (χ4v) is 3.76. The van der Waals surface area contributed by atoms with E-state index in [1.54, 1.807) is 6.07 Å². The number of hydrogen-bond donors (Lipinski definition) is 2. The molecule has 0 heterocycles. The van der Waals surface area contributed by atoms with E-state index in [4.69, 9.17) is 10.5 Å². The van der Waals surface area contributed by atoms with E-state index in [-0.39, 0.29) is 6.42 Å². The van der Waals surface area contributed by atoms with Crippen LogP contribution < -0.4 is 15.6 Å². The molecular weight excluding hydrogens is 519 g/mol. The van der Waals surface area contributed by atoms with Crippen molar-refractivity contribution in [1.29, 1.82) is 10.5 Å². The maximum absolute atomic E-state index is 12.0. The zero-order valence-electron chi connectivity index (χ0n) is 17.6. The van der Waals surface area contributed by atoms with Gasteiger partial charge in [-0.25, -0.2) is 5.43 Å². The number of halogens is 1. The van der Waals surface area contributed by atoms with E-state index in [1.165, 1.54) is 6.21 Å². The van der Waals surface area contributed by atoms with Gasteiger partial charge in [0.2, 0.25) is 11.8 Å². The molecule has 0 aliphatic heterocycles. The molecule has 0 saturated heterocycles. The summed E-state index contributed by atoms with van der Waals surface area (Å²) in [5.41, 5.74) is 5.71. The van der Waals surface area contributed by atoms with Gasteiger partial charge in [-0.3, -0.25) is 9.59 Å². The van der Waals surface area contributed by atoms with Crippen molar-refractivity contribution in [2.45, 2.75) is 26.2 Å². The Bertz CT molecular complexity index is 1050. The highest BCUT2D eigenvalue weighted by Crippen LogP contribution is 2.24. The van der Waals surface area contributed by atoms with Gasteiger partial charge in [-0.2, -0.15) is 15.6 Å². The largest absolute Gasteiger partial charge is 0.369 e. The Balaban J connectivity index is 1.91. The molecule has 0 unspecified atom stereocenters. The van der Waals surface area contributed by atoms with Gasteiger partial charge in [0.1, 0.15) is 6.42 Å². The summed E-state index contributed by atoms with van der Waals surface area (Å²) >= 11 is 2.19. The Morgan fingerprint density at radius 3 is 2.44 bits per heavy atom. The molecule has 32 heavy (non-hydrogen) atoms. The summed E-state index contributed by atoms with van der Waals surface area (Å²) < 4.78 is 0.936. The SMILES string of the molecule is Cc1cccc(NC(=O)CC(=O)NN=Cc2ccc(N(CCC#N)CCC#N)c(I)c2)c1. The van der Waals surface area contributed by atoms with Crippen molar-refractivity contribution in [3.8, 4) is 12.1 Å². The zero-order valence-corrected chi connectivity index (χ0v) is 19.8. The van der Waals surface area contributed by atoms with Gasteiger partial charge in [0.15, 0.2) is 0 Å². The van der Waals surface area contributed by atoms with Crippen LogP contribution in [-0.2, 0) is 9.59 Å². The van der Waals surface area contributed by atoms with Gasteiger partial charge in [-0.15, -0.1) is 0 Å². The molecule has 164 valence electrons. The molecule has 2 aromatic carbocycles. The molecule has 0 radical (unpaired) electrons. The number of hydrazone groups is 1. The Hall–Kier alpha value is -3.44. The van der Waals surface area contributed by atoms with Crippen molar-refractivity contribution in [3.63, 3.8) is 0 Å². The maximum atomic E-state index is 12.0. The Morgan fingerprint density at radius 2 is 1.81 bits per heavy atom. The van der Waals surface area contributed by atoms with Crippen LogP contribution >= 0.6 is 22.6 Å². The third-order valence-corrected chi connectivity index (χ3v) is 5.19. The molecule has 9 heteroatoms. The zero-order chi connectivity index (χ0) is 23.3. The molecule has 0 spiro atoms. The molecule has 8 nitrogen and oxygen atoms in total. The van der Waals surface area contributed by atoms with Gasteiger partial charge in [-0.05, 0) is 64.9 Å². The first-order valence-electron chi connectivity index (χ1n) is 9.89. The van der Waals surface area contributed by atoms with Crippen LogP contribution in [0.4, 0.5) is 11.4 Å². The lowest BCUT2D eigenvalue weighted by Crippen LogP contribution is -2.26. The average Bonchev–Trinajstić information content (AvgIpc) is 2.74. The van der Waals surface area contributed by atoms with Crippen LogP contribution in [0.1, 0.15) is 30.4 Å². The molecule has 0 aromatic heterocycles. The second-order valence-electron chi connectivity index (χ2n) is 6.90. The van der Waals surface area contributed by atoms with Crippen LogP contribution in [0.15, 0.2) is 47.6 Å². The van der Waals surface area contributed by atoms with Gasteiger partial charge in [0.25, 0.3) is 0 Å². The minimum Gasteiger partial charge on any atom is -0.369 e. The number of nitriles is 2.